The summed E-state index contributed by atoms with van der Waals surface area (Å²) in [6.45, 7) is 10.7. The number of hydrogen-bond acceptors (Lipinski definition) is 3. The minimum absolute atomic E-state index is 0.0318. The molecule has 4 atom stereocenters. The Hall–Kier alpha value is -0.0900. The molecule has 0 radical (unpaired) electrons. The fraction of sp³-hybridized carbons (Fsp3) is 1.00. The molecule has 104 valence electrons. The van der Waals surface area contributed by atoms with Crippen molar-refractivity contribution >= 4 is 10.1 Å². The van der Waals surface area contributed by atoms with Crippen LogP contribution in [0.4, 0.5) is 0 Å². The van der Waals surface area contributed by atoms with E-state index in [0.29, 0.717) is 17.8 Å². The van der Waals surface area contributed by atoms with Gasteiger partial charge in [-0.1, -0.05) is 27.7 Å². The largest absolute Gasteiger partial charge is 0.274 e. The molecule has 3 rings (SSSR count). The van der Waals surface area contributed by atoms with E-state index in [1.165, 1.54) is 0 Å². The molecule has 2 bridgehead atoms. The average molecular weight is 272 g/mol. The third-order valence-electron chi connectivity index (χ3n) is 6.43. The number of rotatable bonds is 2. The van der Waals surface area contributed by atoms with E-state index < -0.39 is 14.9 Å². The molecule has 2 saturated carbocycles. The highest BCUT2D eigenvalue weighted by Gasteiger charge is 2.79. The van der Waals surface area contributed by atoms with Crippen LogP contribution in [0.2, 0.25) is 0 Å². The first kappa shape index (κ1) is 12.9. The summed E-state index contributed by atoms with van der Waals surface area (Å²) >= 11 is 0. The molecule has 2 aliphatic carbocycles. The van der Waals surface area contributed by atoms with Crippen molar-refractivity contribution in [3.8, 4) is 0 Å². The molecule has 4 unspecified atom stereocenters. The zero-order valence-electron chi connectivity index (χ0n) is 11.9. The molecule has 3 aliphatic rings. The SMILES string of the molecule is CC(C)C1(C(C)C)C2CC3OS(=O)(=O)C1(C)C3C2. The van der Waals surface area contributed by atoms with Crippen LogP contribution in [0, 0.1) is 29.1 Å². The van der Waals surface area contributed by atoms with Gasteiger partial charge in [-0.2, -0.15) is 8.42 Å². The van der Waals surface area contributed by atoms with Gasteiger partial charge in [0, 0.05) is 5.92 Å². The summed E-state index contributed by atoms with van der Waals surface area (Å²) in [4.78, 5) is 0. The highest BCUT2D eigenvalue weighted by atomic mass is 32.2. The minimum Gasteiger partial charge on any atom is -0.266 e. The van der Waals surface area contributed by atoms with Crippen LogP contribution in [0.15, 0.2) is 0 Å². The van der Waals surface area contributed by atoms with Crippen molar-refractivity contribution in [3.63, 3.8) is 0 Å². The van der Waals surface area contributed by atoms with Crippen molar-refractivity contribution in [2.24, 2.45) is 29.1 Å². The molecule has 0 N–H and O–H groups in total. The topological polar surface area (TPSA) is 43.4 Å². The Morgan fingerprint density at radius 1 is 1.11 bits per heavy atom. The van der Waals surface area contributed by atoms with Crippen LogP contribution in [0.25, 0.3) is 0 Å². The summed E-state index contributed by atoms with van der Waals surface area (Å²) < 4.78 is 30.0. The van der Waals surface area contributed by atoms with Crippen LogP contribution < -0.4 is 0 Å². The number of hydrogen-bond donors (Lipinski definition) is 0. The molecule has 0 spiro atoms. The zero-order valence-corrected chi connectivity index (χ0v) is 12.8. The van der Waals surface area contributed by atoms with Crippen molar-refractivity contribution in [1.29, 1.82) is 0 Å². The van der Waals surface area contributed by atoms with Crippen molar-refractivity contribution in [2.45, 2.75) is 58.3 Å². The normalized spacial score (nSPS) is 47.4. The van der Waals surface area contributed by atoms with Crippen molar-refractivity contribution < 1.29 is 12.6 Å². The summed E-state index contributed by atoms with van der Waals surface area (Å²) in [7, 11) is -3.43. The van der Waals surface area contributed by atoms with E-state index in [0.717, 1.165) is 12.8 Å². The first-order valence-corrected chi connectivity index (χ1v) is 8.53. The van der Waals surface area contributed by atoms with Gasteiger partial charge >= 0.3 is 0 Å². The van der Waals surface area contributed by atoms with E-state index in [4.69, 9.17) is 4.18 Å². The van der Waals surface area contributed by atoms with E-state index in [2.05, 4.69) is 27.7 Å². The third kappa shape index (κ3) is 1.02. The maximum absolute atomic E-state index is 12.6. The van der Waals surface area contributed by atoms with Crippen LogP contribution in [-0.4, -0.2) is 19.3 Å². The lowest BCUT2D eigenvalue weighted by atomic mass is 9.54. The van der Waals surface area contributed by atoms with Gasteiger partial charge < -0.3 is 0 Å². The Morgan fingerprint density at radius 3 is 2.17 bits per heavy atom. The van der Waals surface area contributed by atoms with E-state index in [-0.39, 0.29) is 17.4 Å². The molecular weight excluding hydrogens is 248 g/mol. The summed E-state index contributed by atoms with van der Waals surface area (Å²) in [5, 5.41) is 0. The van der Waals surface area contributed by atoms with Gasteiger partial charge in [-0.05, 0) is 42.9 Å². The lowest BCUT2D eigenvalue weighted by molar-refractivity contribution is -0.00589. The highest BCUT2D eigenvalue weighted by molar-refractivity contribution is 7.88. The average Bonchev–Trinajstić information content (AvgIpc) is 2.73. The van der Waals surface area contributed by atoms with Crippen LogP contribution in [-0.2, 0) is 14.3 Å². The summed E-state index contributed by atoms with van der Waals surface area (Å²) in [5.41, 5.74) is -0.122. The Bertz CT molecular complexity index is 471. The molecule has 0 amide bonds. The quantitative estimate of drug-likeness (QED) is 0.726. The molecule has 3 nitrogen and oxygen atoms in total. The van der Waals surface area contributed by atoms with Crippen LogP contribution in [0.3, 0.4) is 0 Å². The lowest BCUT2D eigenvalue weighted by Gasteiger charge is -2.52. The zero-order chi connectivity index (χ0) is 13.5. The van der Waals surface area contributed by atoms with Crippen LogP contribution >= 0.6 is 0 Å². The van der Waals surface area contributed by atoms with Gasteiger partial charge in [0.25, 0.3) is 10.1 Å². The van der Waals surface area contributed by atoms with Gasteiger partial charge in [0.15, 0.2) is 0 Å². The molecular formula is C14H24O3S. The van der Waals surface area contributed by atoms with Crippen molar-refractivity contribution in [3.05, 3.63) is 0 Å². The first-order chi connectivity index (χ1) is 8.19. The smallest absolute Gasteiger partial charge is 0.266 e. The molecule has 18 heavy (non-hydrogen) atoms. The molecule has 3 fully saturated rings. The fourth-order valence-electron chi connectivity index (χ4n) is 6.22. The van der Waals surface area contributed by atoms with Crippen molar-refractivity contribution in [1.82, 2.24) is 0 Å². The predicted molar refractivity (Wildman–Crippen MR) is 70.5 cm³/mol. The molecule has 1 saturated heterocycles. The van der Waals surface area contributed by atoms with Gasteiger partial charge in [-0.15, -0.1) is 0 Å². The minimum atomic E-state index is -3.43. The van der Waals surface area contributed by atoms with Crippen LogP contribution in [0.5, 0.6) is 0 Å². The Kier molecular flexibility index (Phi) is 2.38. The number of fused-ring (bicyclic) bond motifs is 1. The van der Waals surface area contributed by atoms with Gasteiger partial charge in [0.1, 0.15) is 4.75 Å². The molecule has 1 aliphatic heterocycles. The Labute approximate surface area is 110 Å². The Morgan fingerprint density at radius 2 is 1.67 bits per heavy atom. The first-order valence-electron chi connectivity index (χ1n) is 7.12. The third-order valence-corrected chi connectivity index (χ3v) is 8.62. The van der Waals surface area contributed by atoms with Crippen LogP contribution in [0.1, 0.15) is 47.5 Å². The second-order valence-corrected chi connectivity index (χ2v) is 9.16. The Balaban J connectivity index is 2.28. The van der Waals surface area contributed by atoms with Crippen molar-refractivity contribution in [2.75, 3.05) is 0 Å². The molecule has 0 aromatic heterocycles. The van der Waals surface area contributed by atoms with E-state index >= 15 is 0 Å². The second kappa shape index (κ2) is 3.32. The lowest BCUT2D eigenvalue weighted by Crippen LogP contribution is -2.58. The molecule has 4 heteroatoms. The standard InChI is InChI=1S/C14H24O3S/c1-8(2)14(9(3)4)10-6-11-12(7-10)17-18(15,16)13(11,14)5/h8-12H,6-7H2,1-5H3. The van der Waals surface area contributed by atoms with Gasteiger partial charge in [0.05, 0.1) is 6.10 Å². The summed E-state index contributed by atoms with van der Waals surface area (Å²) in [6.07, 6.45) is 1.95. The van der Waals surface area contributed by atoms with E-state index in [9.17, 15) is 8.42 Å². The van der Waals surface area contributed by atoms with Gasteiger partial charge in [-0.25, -0.2) is 0 Å². The predicted octanol–water partition coefficient (Wildman–Crippen LogP) is 2.81. The summed E-state index contributed by atoms with van der Waals surface area (Å²) in [6, 6.07) is 0. The summed E-state index contributed by atoms with van der Waals surface area (Å²) in [5.74, 6) is 1.47. The highest BCUT2D eigenvalue weighted by Crippen LogP contribution is 2.73. The van der Waals surface area contributed by atoms with Gasteiger partial charge in [-0.3, -0.25) is 4.18 Å². The van der Waals surface area contributed by atoms with E-state index in [1.54, 1.807) is 0 Å². The van der Waals surface area contributed by atoms with Gasteiger partial charge in [0.2, 0.25) is 0 Å². The van der Waals surface area contributed by atoms with E-state index in [1.807, 2.05) is 6.92 Å². The maximum atomic E-state index is 12.6. The molecule has 0 aromatic rings. The fourth-order valence-corrected chi connectivity index (χ4v) is 8.65. The molecule has 0 aromatic carbocycles. The monoisotopic (exact) mass is 272 g/mol. The maximum Gasteiger partial charge on any atom is 0.274 e. The molecule has 1 heterocycles. The second-order valence-electron chi connectivity index (χ2n) is 7.21.